The van der Waals surface area contributed by atoms with Gasteiger partial charge in [-0.1, -0.05) is 35.3 Å². The minimum atomic E-state index is 0.178. The molecule has 5 heteroatoms. The highest BCUT2D eigenvalue weighted by Gasteiger charge is 2.28. The molecule has 1 saturated carbocycles. The van der Waals surface area contributed by atoms with Crippen molar-refractivity contribution in [1.82, 2.24) is 10.6 Å². The molecule has 2 N–H and O–H groups in total. The van der Waals surface area contributed by atoms with Crippen molar-refractivity contribution in [2.24, 2.45) is 5.92 Å². The van der Waals surface area contributed by atoms with Crippen LogP contribution < -0.4 is 10.6 Å². The lowest BCUT2D eigenvalue weighted by Crippen LogP contribution is -2.32. The summed E-state index contributed by atoms with van der Waals surface area (Å²) in [5, 5.41) is 7.28. The highest BCUT2D eigenvalue weighted by Crippen LogP contribution is 2.28. The van der Waals surface area contributed by atoms with Gasteiger partial charge in [0.2, 0.25) is 5.91 Å². The Morgan fingerprint density at radius 1 is 1.28 bits per heavy atom. The third-order valence-electron chi connectivity index (χ3n) is 2.90. The van der Waals surface area contributed by atoms with Crippen LogP contribution in [0, 0.1) is 5.92 Å². The quantitative estimate of drug-likeness (QED) is 0.790. The average Bonchev–Trinajstić information content (AvgIpc) is 3.18. The molecule has 0 bridgehead atoms. The number of carbonyl (C=O) groups is 1. The fourth-order valence-corrected chi connectivity index (χ4v) is 2.06. The van der Waals surface area contributed by atoms with Crippen LogP contribution in [0.3, 0.4) is 0 Å². The SMILES string of the molecule is O=C(NCCNCc1cccc(Cl)c1Cl)C1CC1. The first kappa shape index (κ1) is 13.7. The summed E-state index contributed by atoms with van der Waals surface area (Å²) in [4.78, 5) is 11.4. The molecule has 0 aromatic heterocycles. The minimum absolute atomic E-state index is 0.178. The molecular formula is C13H16Cl2N2O. The van der Waals surface area contributed by atoms with Gasteiger partial charge in [-0.25, -0.2) is 0 Å². The van der Waals surface area contributed by atoms with E-state index in [1.54, 1.807) is 6.07 Å². The second-order valence-electron chi connectivity index (χ2n) is 4.46. The van der Waals surface area contributed by atoms with E-state index in [1.165, 1.54) is 0 Å². The highest BCUT2D eigenvalue weighted by atomic mass is 35.5. The number of nitrogens with one attached hydrogen (secondary N) is 2. The molecule has 0 atom stereocenters. The van der Waals surface area contributed by atoms with Gasteiger partial charge in [-0.15, -0.1) is 0 Å². The molecule has 2 rings (SSSR count). The summed E-state index contributed by atoms with van der Waals surface area (Å²) in [6, 6.07) is 5.58. The van der Waals surface area contributed by atoms with E-state index in [9.17, 15) is 4.79 Å². The zero-order chi connectivity index (χ0) is 13.0. The molecule has 98 valence electrons. The van der Waals surface area contributed by atoms with E-state index < -0.39 is 0 Å². The van der Waals surface area contributed by atoms with Crippen LogP contribution in [0.25, 0.3) is 0 Å². The van der Waals surface area contributed by atoms with Crippen LogP contribution in [0.1, 0.15) is 18.4 Å². The molecule has 0 radical (unpaired) electrons. The fourth-order valence-electron chi connectivity index (χ4n) is 1.67. The van der Waals surface area contributed by atoms with Crippen LogP contribution in [-0.4, -0.2) is 19.0 Å². The fraction of sp³-hybridized carbons (Fsp3) is 0.462. The summed E-state index contributed by atoms with van der Waals surface area (Å²) in [6.07, 6.45) is 2.08. The first-order chi connectivity index (χ1) is 8.68. The average molecular weight is 287 g/mol. The molecule has 0 spiro atoms. The van der Waals surface area contributed by atoms with Crippen molar-refractivity contribution in [2.75, 3.05) is 13.1 Å². The van der Waals surface area contributed by atoms with E-state index in [2.05, 4.69) is 10.6 Å². The molecule has 3 nitrogen and oxygen atoms in total. The van der Waals surface area contributed by atoms with Gasteiger partial charge in [0, 0.05) is 25.6 Å². The Bertz CT molecular complexity index is 433. The molecule has 18 heavy (non-hydrogen) atoms. The topological polar surface area (TPSA) is 41.1 Å². The second kappa shape index (κ2) is 6.41. The molecule has 1 amide bonds. The van der Waals surface area contributed by atoms with E-state index in [0.29, 0.717) is 23.1 Å². The van der Waals surface area contributed by atoms with E-state index >= 15 is 0 Å². The maximum Gasteiger partial charge on any atom is 0.223 e. The van der Waals surface area contributed by atoms with Gasteiger partial charge in [-0.3, -0.25) is 4.79 Å². The molecule has 1 aliphatic carbocycles. The van der Waals surface area contributed by atoms with Crippen molar-refractivity contribution in [1.29, 1.82) is 0 Å². The Morgan fingerprint density at radius 3 is 2.78 bits per heavy atom. The molecule has 0 heterocycles. The summed E-state index contributed by atoms with van der Waals surface area (Å²) in [5.74, 6) is 0.449. The van der Waals surface area contributed by atoms with Crippen LogP contribution >= 0.6 is 23.2 Å². The van der Waals surface area contributed by atoms with Crippen LogP contribution in [0.15, 0.2) is 18.2 Å². The van der Waals surface area contributed by atoms with Gasteiger partial charge < -0.3 is 10.6 Å². The summed E-state index contributed by atoms with van der Waals surface area (Å²) in [5.41, 5.74) is 0.970. The van der Waals surface area contributed by atoms with Gasteiger partial charge in [0.1, 0.15) is 0 Å². The lowest BCUT2D eigenvalue weighted by atomic mass is 10.2. The molecule has 0 unspecified atom stereocenters. The Balaban J connectivity index is 1.65. The van der Waals surface area contributed by atoms with Crippen molar-refractivity contribution < 1.29 is 4.79 Å². The van der Waals surface area contributed by atoms with Crippen molar-refractivity contribution >= 4 is 29.1 Å². The Morgan fingerprint density at radius 2 is 2.06 bits per heavy atom. The predicted octanol–water partition coefficient (Wildman–Crippen LogP) is 2.61. The van der Waals surface area contributed by atoms with Gasteiger partial charge in [-0.2, -0.15) is 0 Å². The number of hydrogen-bond donors (Lipinski definition) is 2. The smallest absolute Gasteiger partial charge is 0.223 e. The molecule has 1 aromatic rings. The van der Waals surface area contributed by atoms with Crippen molar-refractivity contribution in [3.8, 4) is 0 Å². The highest BCUT2D eigenvalue weighted by molar-refractivity contribution is 6.42. The van der Waals surface area contributed by atoms with Gasteiger partial charge in [0.15, 0.2) is 0 Å². The van der Waals surface area contributed by atoms with Crippen molar-refractivity contribution in [3.63, 3.8) is 0 Å². The van der Waals surface area contributed by atoms with Gasteiger partial charge >= 0.3 is 0 Å². The minimum Gasteiger partial charge on any atom is -0.355 e. The zero-order valence-corrected chi connectivity index (χ0v) is 11.5. The van der Waals surface area contributed by atoms with Crippen molar-refractivity contribution in [3.05, 3.63) is 33.8 Å². The lowest BCUT2D eigenvalue weighted by molar-refractivity contribution is -0.122. The van der Waals surface area contributed by atoms with E-state index in [1.807, 2.05) is 12.1 Å². The Labute approximate surface area is 117 Å². The maximum atomic E-state index is 11.4. The predicted molar refractivity (Wildman–Crippen MR) is 73.9 cm³/mol. The molecule has 1 aliphatic rings. The number of amides is 1. The Hall–Kier alpha value is -0.770. The number of halogens is 2. The van der Waals surface area contributed by atoms with Gasteiger partial charge in [0.25, 0.3) is 0 Å². The zero-order valence-electron chi connectivity index (χ0n) is 10.0. The summed E-state index contributed by atoms with van der Waals surface area (Å²) in [6.45, 7) is 2.02. The first-order valence-electron chi connectivity index (χ1n) is 6.10. The van der Waals surface area contributed by atoms with Crippen LogP contribution in [0.4, 0.5) is 0 Å². The number of benzene rings is 1. The molecule has 0 saturated heterocycles. The normalized spacial score (nSPS) is 14.6. The number of hydrogen-bond acceptors (Lipinski definition) is 2. The third kappa shape index (κ3) is 3.87. The van der Waals surface area contributed by atoms with E-state index in [0.717, 1.165) is 24.9 Å². The summed E-state index contributed by atoms with van der Waals surface area (Å²) < 4.78 is 0. The largest absolute Gasteiger partial charge is 0.355 e. The number of carbonyl (C=O) groups excluding carboxylic acids is 1. The number of rotatable bonds is 6. The summed E-state index contributed by atoms with van der Waals surface area (Å²) >= 11 is 12.0. The maximum absolute atomic E-state index is 11.4. The van der Waals surface area contributed by atoms with Crippen LogP contribution in [0.5, 0.6) is 0 Å². The monoisotopic (exact) mass is 286 g/mol. The molecule has 0 aliphatic heterocycles. The Kier molecular flexibility index (Phi) is 4.87. The van der Waals surface area contributed by atoms with Crippen LogP contribution in [0.2, 0.25) is 10.0 Å². The van der Waals surface area contributed by atoms with Gasteiger partial charge in [0.05, 0.1) is 10.0 Å². The van der Waals surface area contributed by atoms with Crippen molar-refractivity contribution in [2.45, 2.75) is 19.4 Å². The van der Waals surface area contributed by atoms with Crippen LogP contribution in [-0.2, 0) is 11.3 Å². The second-order valence-corrected chi connectivity index (χ2v) is 5.24. The molecule has 1 fully saturated rings. The van der Waals surface area contributed by atoms with E-state index in [4.69, 9.17) is 23.2 Å². The standard InChI is InChI=1S/C13H16Cl2N2O/c14-11-3-1-2-10(12(11)15)8-16-6-7-17-13(18)9-4-5-9/h1-3,9,16H,4-8H2,(H,17,18). The lowest BCUT2D eigenvalue weighted by Gasteiger charge is -2.08. The summed E-state index contributed by atoms with van der Waals surface area (Å²) in [7, 11) is 0. The van der Waals surface area contributed by atoms with Gasteiger partial charge in [-0.05, 0) is 24.5 Å². The van der Waals surface area contributed by atoms with E-state index in [-0.39, 0.29) is 11.8 Å². The molecule has 1 aromatic carbocycles. The third-order valence-corrected chi connectivity index (χ3v) is 3.75. The molecular weight excluding hydrogens is 271 g/mol. The first-order valence-corrected chi connectivity index (χ1v) is 6.85.